The van der Waals surface area contributed by atoms with Crippen molar-refractivity contribution in [2.24, 2.45) is 7.05 Å². The maximum absolute atomic E-state index is 5.71. The molecule has 1 fully saturated rings. The summed E-state index contributed by atoms with van der Waals surface area (Å²) in [6.45, 7) is 3.31. The Balaban J connectivity index is 1.60. The third-order valence-corrected chi connectivity index (χ3v) is 4.34. The van der Waals surface area contributed by atoms with E-state index in [2.05, 4.69) is 45.4 Å². The summed E-state index contributed by atoms with van der Waals surface area (Å²) in [5.74, 6) is 0. The quantitative estimate of drug-likeness (QED) is 0.743. The van der Waals surface area contributed by atoms with Gasteiger partial charge in [0.25, 0.3) is 0 Å². The molecule has 114 valence electrons. The maximum atomic E-state index is 5.71. The van der Waals surface area contributed by atoms with Crippen LogP contribution in [-0.4, -0.2) is 38.6 Å². The largest absolute Gasteiger partial charge is 0.378 e. The molecule has 4 heterocycles. The van der Waals surface area contributed by atoms with Crippen molar-refractivity contribution in [3.8, 4) is 0 Å². The van der Waals surface area contributed by atoms with Crippen LogP contribution in [0.25, 0.3) is 5.65 Å². The van der Waals surface area contributed by atoms with Gasteiger partial charge in [-0.2, -0.15) is 0 Å². The van der Waals surface area contributed by atoms with Gasteiger partial charge in [0.05, 0.1) is 24.9 Å². The van der Waals surface area contributed by atoms with Crippen molar-refractivity contribution in [1.29, 1.82) is 0 Å². The lowest BCUT2D eigenvalue weighted by molar-refractivity contribution is -0.0156. The van der Waals surface area contributed by atoms with Gasteiger partial charge < -0.3 is 13.7 Å². The summed E-state index contributed by atoms with van der Waals surface area (Å²) in [6, 6.07) is 10.6. The van der Waals surface area contributed by atoms with Gasteiger partial charge in [0.1, 0.15) is 5.65 Å². The smallest absolute Gasteiger partial charge is 0.137 e. The number of pyridine rings is 1. The van der Waals surface area contributed by atoms with E-state index in [4.69, 9.17) is 9.72 Å². The van der Waals surface area contributed by atoms with Gasteiger partial charge in [-0.1, -0.05) is 6.07 Å². The van der Waals surface area contributed by atoms with Gasteiger partial charge in [0.15, 0.2) is 0 Å². The molecule has 1 aliphatic rings. The number of rotatable bonds is 3. The predicted molar refractivity (Wildman–Crippen MR) is 84.6 cm³/mol. The molecule has 3 aromatic heterocycles. The summed E-state index contributed by atoms with van der Waals surface area (Å²) in [5.41, 5.74) is 3.40. The lowest BCUT2D eigenvalue weighted by atomic mass is 10.1. The molecule has 0 radical (unpaired) electrons. The minimum absolute atomic E-state index is 0.290. The molecule has 5 nitrogen and oxygen atoms in total. The molecule has 0 spiro atoms. The van der Waals surface area contributed by atoms with Crippen LogP contribution in [0.1, 0.15) is 17.4 Å². The molecule has 4 rings (SSSR count). The molecule has 22 heavy (non-hydrogen) atoms. The van der Waals surface area contributed by atoms with E-state index in [9.17, 15) is 0 Å². The highest BCUT2D eigenvalue weighted by atomic mass is 16.5. The highest BCUT2D eigenvalue weighted by Gasteiger charge is 2.26. The van der Waals surface area contributed by atoms with Crippen molar-refractivity contribution in [3.05, 3.63) is 60.3 Å². The molecule has 3 aromatic rings. The molecule has 5 heteroatoms. The van der Waals surface area contributed by atoms with Crippen molar-refractivity contribution in [3.63, 3.8) is 0 Å². The Morgan fingerprint density at radius 1 is 1.23 bits per heavy atom. The van der Waals surface area contributed by atoms with Crippen LogP contribution in [0.2, 0.25) is 0 Å². The number of imidazole rings is 1. The average molecular weight is 296 g/mol. The second-order valence-electron chi connectivity index (χ2n) is 5.80. The second kappa shape index (κ2) is 5.59. The normalized spacial score (nSPS) is 19.8. The van der Waals surface area contributed by atoms with E-state index >= 15 is 0 Å². The molecule has 1 aliphatic heterocycles. The zero-order valence-corrected chi connectivity index (χ0v) is 12.7. The number of hydrogen-bond donors (Lipinski definition) is 0. The van der Waals surface area contributed by atoms with Gasteiger partial charge in [0.2, 0.25) is 0 Å². The summed E-state index contributed by atoms with van der Waals surface area (Å²) in [7, 11) is 2.09. The Kier molecular flexibility index (Phi) is 3.44. The first kappa shape index (κ1) is 13.5. The fourth-order valence-corrected chi connectivity index (χ4v) is 3.19. The first-order valence-electron chi connectivity index (χ1n) is 7.67. The van der Waals surface area contributed by atoms with Crippen LogP contribution in [0.4, 0.5) is 0 Å². The van der Waals surface area contributed by atoms with Crippen LogP contribution < -0.4 is 0 Å². The fourth-order valence-electron chi connectivity index (χ4n) is 3.19. The third kappa shape index (κ3) is 2.42. The molecule has 0 aliphatic carbocycles. The third-order valence-electron chi connectivity index (χ3n) is 4.34. The number of aryl methyl sites for hydroxylation is 1. The molecule has 0 bridgehead atoms. The number of fused-ring (bicyclic) bond motifs is 1. The van der Waals surface area contributed by atoms with Gasteiger partial charge in [-0.3, -0.25) is 4.90 Å². The summed E-state index contributed by atoms with van der Waals surface area (Å²) < 4.78 is 9.96. The minimum Gasteiger partial charge on any atom is -0.378 e. The number of morpholine rings is 1. The molecule has 0 saturated carbocycles. The predicted octanol–water partition coefficient (Wildman–Crippen LogP) is 2.25. The number of hydrogen-bond acceptors (Lipinski definition) is 3. The van der Waals surface area contributed by atoms with E-state index in [1.165, 1.54) is 5.69 Å². The highest BCUT2D eigenvalue weighted by molar-refractivity contribution is 5.39. The molecule has 1 saturated heterocycles. The Hall–Kier alpha value is -2.11. The first-order valence-corrected chi connectivity index (χ1v) is 7.67. The van der Waals surface area contributed by atoms with Crippen LogP contribution in [-0.2, 0) is 18.3 Å². The zero-order valence-electron chi connectivity index (χ0n) is 12.7. The van der Waals surface area contributed by atoms with Crippen molar-refractivity contribution < 1.29 is 4.74 Å². The summed E-state index contributed by atoms with van der Waals surface area (Å²) in [6.07, 6.45) is 6.25. The Bertz CT molecular complexity index is 743. The molecule has 1 unspecified atom stereocenters. The zero-order chi connectivity index (χ0) is 14.9. The Morgan fingerprint density at radius 2 is 2.18 bits per heavy atom. The van der Waals surface area contributed by atoms with E-state index in [1.54, 1.807) is 0 Å². The lowest BCUT2D eigenvalue weighted by Gasteiger charge is -2.35. The lowest BCUT2D eigenvalue weighted by Crippen LogP contribution is -2.39. The minimum atomic E-state index is 0.290. The van der Waals surface area contributed by atoms with Crippen LogP contribution in [0.15, 0.2) is 48.9 Å². The fraction of sp³-hybridized carbons (Fsp3) is 0.353. The maximum Gasteiger partial charge on any atom is 0.137 e. The topological polar surface area (TPSA) is 34.7 Å². The molecular weight excluding hydrogens is 276 g/mol. The van der Waals surface area contributed by atoms with Gasteiger partial charge in [-0.15, -0.1) is 0 Å². The summed E-state index contributed by atoms with van der Waals surface area (Å²) in [4.78, 5) is 7.18. The molecule has 0 N–H and O–H groups in total. The molecule has 0 amide bonds. The Morgan fingerprint density at radius 3 is 3.00 bits per heavy atom. The molecule has 1 atom stereocenters. The van der Waals surface area contributed by atoms with Crippen molar-refractivity contribution >= 4 is 5.65 Å². The van der Waals surface area contributed by atoms with Crippen LogP contribution >= 0.6 is 0 Å². The van der Waals surface area contributed by atoms with E-state index in [0.29, 0.717) is 6.04 Å². The summed E-state index contributed by atoms with van der Waals surface area (Å²) >= 11 is 0. The summed E-state index contributed by atoms with van der Waals surface area (Å²) in [5, 5.41) is 0. The van der Waals surface area contributed by atoms with E-state index in [0.717, 1.165) is 37.6 Å². The van der Waals surface area contributed by atoms with Gasteiger partial charge >= 0.3 is 0 Å². The average Bonchev–Trinajstić information content (AvgIpc) is 3.13. The Labute approximate surface area is 129 Å². The SMILES string of the molecule is Cn1cccc1C1COCCN1Cc1cn2ccccc2n1. The monoisotopic (exact) mass is 296 g/mol. The van der Waals surface area contributed by atoms with E-state index in [-0.39, 0.29) is 0 Å². The van der Waals surface area contributed by atoms with Crippen LogP contribution in [0.3, 0.4) is 0 Å². The van der Waals surface area contributed by atoms with E-state index < -0.39 is 0 Å². The number of ether oxygens (including phenoxy) is 1. The van der Waals surface area contributed by atoms with Gasteiger partial charge in [-0.25, -0.2) is 4.98 Å². The second-order valence-corrected chi connectivity index (χ2v) is 5.80. The van der Waals surface area contributed by atoms with Gasteiger partial charge in [-0.05, 0) is 24.3 Å². The van der Waals surface area contributed by atoms with Crippen molar-refractivity contribution in [2.45, 2.75) is 12.6 Å². The molecule has 0 aromatic carbocycles. The standard InChI is InChI=1S/C17H20N4O/c1-19-7-4-5-15(19)16-13-22-10-9-20(16)11-14-12-21-8-3-2-6-17(21)18-14/h2-8,12,16H,9-11,13H2,1H3. The van der Waals surface area contributed by atoms with Crippen molar-refractivity contribution in [1.82, 2.24) is 18.9 Å². The highest BCUT2D eigenvalue weighted by Crippen LogP contribution is 2.25. The number of aromatic nitrogens is 3. The van der Waals surface area contributed by atoms with Gasteiger partial charge in [0, 0.05) is 44.4 Å². The van der Waals surface area contributed by atoms with Crippen LogP contribution in [0.5, 0.6) is 0 Å². The molecular formula is C17H20N4O. The van der Waals surface area contributed by atoms with Crippen LogP contribution in [0, 0.1) is 0 Å². The van der Waals surface area contributed by atoms with E-state index in [1.807, 2.05) is 24.4 Å². The first-order chi connectivity index (χ1) is 10.8. The number of nitrogens with zero attached hydrogens (tertiary/aromatic N) is 4. The van der Waals surface area contributed by atoms with Crippen molar-refractivity contribution in [2.75, 3.05) is 19.8 Å².